The second-order valence-corrected chi connectivity index (χ2v) is 6.48. The van der Waals surface area contributed by atoms with Gasteiger partial charge >= 0.3 is 0 Å². The van der Waals surface area contributed by atoms with Gasteiger partial charge in [0.25, 0.3) is 0 Å². The standard InChI is InChI=1S/C17H14BrClN2O/c1-10-2-4-13(8-15(10)18)21-17(22)6-11-9-20-16-5-3-12(19)7-14(11)16/h2-5,7-9,20H,6H2,1H3,(H,21,22). The molecule has 0 unspecified atom stereocenters. The van der Waals surface area contributed by atoms with Gasteiger partial charge in [0.1, 0.15) is 0 Å². The molecule has 0 atom stereocenters. The van der Waals surface area contributed by atoms with Crippen LogP contribution >= 0.6 is 27.5 Å². The number of aromatic amines is 1. The summed E-state index contributed by atoms with van der Waals surface area (Å²) < 4.78 is 0.976. The van der Waals surface area contributed by atoms with Crippen molar-refractivity contribution in [2.24, 2.45) is 0 Å². The Bertz CT molecular complexity index is 857. The lowest BCUT2D eigenvalue weighted by molar-refractivity contribution is -0.115. The first-order chi connectivity index (χ1) is 10.5. The van der Waals surface area contributed by atoms with Gasteiger partial charge < -0.3 is 10.3 Å². The molecule has 3 rings (SSSR count). The number of aromatic nitrogens is 1. The molecule has 0 fully saturated rings. The molecule has 1 heterocycles. The fraction of sp³-hybridized carbons (Fsp3) is 0.118. The van der Waals surface area contributed by atoms with E-state index in [1.165, 1.54) is 0 Å². The molecule has 112 valence electrons. The number of aryl methyl sites for hydroxylation is 1. The number of carbonyl (C=O) groups excluding carboxylic acids is 1. The minimum absolute atomic E-state index is 0.0587. The Hall–Kier alpha value is -1.78. The molecule has 0 radical (unpaired) electrons. The number of rotatable bonds is 3. The minimum Gasteiger partial charge on any atom is -0.361 e. The van der Waals surface area contributed by atoms with Crippen LogP contribution in [0.2, 0.25) is 5.02 Å². The van der Waals surface area contributed by atoms with E-state index in [1.807, 2.05) is 49.5 Å². The van der Waals surface area contributed by atoms with Crippen LogP contribution in [0.25, 0.3) is 10.9 Å². The number of amides is 1. The molecule has 0 bridgehead atoms. The summed E-state index contributed by atoms with van der Waals surface area (Å²) in [6.45, 7) is 2.01. The number of carbonyl (C=O) groups is 1. The Morgan fingerprint density at radius 3 is 2.86 bits per heavy atom. The fourth-order valence-corrected chi connectivity index (χ4v) is 2.90. The lowest BCUT2D eigenvalue weighted by Gasteiger charge is -2.07. The zero-order valence-electron chi connectivity index (χ0n) is 11.9. The second-order valence-electron chi connectivity index (χ2n) is 5.19. The summed E-state index contributed by atoms with van der Waals surface area (Å²) >= 11 is 9.49. The van der Waals surface area contributed by atoms with Crippen LogP contribution in [0.1, 0.15) is 11.1 Å². The third kappa shape index (κ3) is 3.18. The van der Waals surface area contributed by atoms with Crippen LogP contribution in [0.15, 0.2) is 47.1 Å². The number of halogens is 2. The quantitative estimate of drug-likeness (QED) is 0.657. The van der Waals surface area contributed by atoms with Gasteiger partial charge in [-0.2, -0.15) is 0 Å². The SMILES string of the molecule is Cc1ccc(NC(=O)Cc2c[nH]c3ccc(Cl)cc23)cc1Br. The van der Waals surface area contributed by atoms with Gasteiger partial charge in [-0.25, -0.2) is 0 Å². The zero-order chi connectivity index (χ0) is 15.7. The summed E-state index contributed by atoms with van der Waals surface area (Å²) in [4.78, 5) is 15.4. The molecule has 2 aromatic carbocycles. The van der Waals surface area contributed by atoms with Crippen LogP contribution in [0.3, 0.4) is 0 Å². The molecule has 5 heteroatoms. The van der Waals surface area contributed by atoms with Gasteiger partial charge in [0.15, 0.2) is 0 Å². The lowest BCUT2D eigenvalue weighted by Crippen LogP contribution is -2.14. The number of nitrogens with one attached hydrogen (secondary N) is 2. The van der Waals surface area contributed by atoms with E-state index in [0.717, 1.165) is 32.2 Å². The lowest BCUT2D eigenvalue weighted by atomic mass is 10.1. The molecule has 0 aliphatic carbocycles. The molecule has 1 aromatic heterocycles. The van der Waals surface area contributed by atoms with Crippen molar-refractivity contribution in [2.45, 2.75) is 13.3 Å². The number of H-pyrrole nitrogens is 1. The van der Waals surface area contributed by atoms with Crippen LogP contribution in [0, 0.1) is 6.92 Å². The third-order valence-corrected chi connectivity index (χ3v) is 4.63. The molecule has 22 heavy (non-hydrogen) atoms. The van der Waals surface area contributed by atoms with E-state index in [0.29, 0.717) is 11.4 Å². The average molecular weight is 378 g/mol. The predicted molar refractivity (Wildman–Crippen MR) is 94.5 cm³/mol. The van der Waals surface area contributed by atoms with E-state index in [1.54, 1.807) is 0 Å². The van der Waals surface area contributed by atoms with E-state index in [-0.39, 0.29) is 5.91 Å². The first kappa shape index (κ1) is 15.1. The first-order valence-electron chi connectivity index (χ1n) is 6.84. The Balaban J connectivity index is 1.78. The van der Waals surface area contributed by atoms with Gasteiger partial charge in [0.05, 0.1) is 6.42 Å². The largest absolute Gasteiger partial charge is 0.361 e. The highest BCUT2D eigenvalue weighted by atomic mass is 79.9. The van der Waals surface area contributed by atoms with E-state index >= 15 is 0 Å². The summed E-state index contributed by atoms with van der Waals surface area (Å²) in [6, 6.07) is 11.4. The first-order valence-corrected chi connectivity index (χ1v) is 8.01. The van der Waals surface area contributed by atoms with E-state index in [4.69, 9.17) is 11.6 Å². The number of hydrogen-bond acceptors (Lipinski definition) is 1. The molecule has 3 nitrogen and oxygen atoms in total. The van der Waals surface area contributed by atoms with Gasteiger partial charge in [-0.1, -0.05) is 33.6 Å². The Morgan fingerprint density at radius 2 is 2.09 bits per heavy atom. The molecule has 2 N–H and O–H groups in total. The summed E-state index contributed by atoms with van der Waals surface area (Å²) in [6.07, 6.45) is 2.15. The second kappa shape index (κ2) is 6.15. The van der Waals surface area contributed by atoms with E-state index in [2.05, 4.69) is 26.2 Å². The van der Waals surface area contributed by atoms with Crippen molar-refractivity contribution >= 4 is 50.0 Å². The van der Waals surface area contributed by atoms with Crippen molar-refractivity contribution in [1.82, 2.24) is 4.98 Å². The summed E-state index contributed by atoms with van der Waals surface area (Å²) in [5.74, 6) is -0.0587. The molecule has 0 spiro atoms. The molecule has 1 amide bonds. The van der Waals surface area contributed by atoms with Gasteiger partial charge in [-0.05, 0) is 48.4 Å². The van der Waals surface area contributed by atoms with Gasteiger partial charge in [0.2, 0.25) is 5.91 Å². The maximum Gasteiger partial charge on any atom is 0.228 e. The van der Waals surface area contributed by atoms with Gasteiger partial charge in [-0.15, -0.1) is 0 Å². The topological polar surface area (TPSA) is 44.9 Å². The Kier molecular flexibility index (Phi) is 4.23. The van der Waals surface area contributed by atoms with Crippen molar-refractivity contribution in [2.75, 3.05) is 5.32 Å². The van der Waals surface area contributed by atoms with Crippen LogP contribution < -0.4 is 5.32 Å². The summed E-state index contributed by atoms with van der Waals surface area (Å²) in [5, 5.41) is 4.55. The monoisotopic (exact) mass is 376 g/mol. The fourth-order valence-electron chi connectivity index (χ4n) is 2.35. The number of benzene rings is 2. The van der Waals surface area contributed by atoms with Crippen molar-refractivity contribution in [3.63, 3.8) is 0 Å². The van der Waals surface area contributed by atoms with Crippen LogP contribution in [0.5, 0.6) is 0 Å². The average Bonchev–Trinajstić information content (AvgIpc) is 2.85. The van der Waals surface area contributed by atoms with Gasteiger partial charge in [0, 0.05) is 32.3 Å². The highest BCUT2D eigenvalue weighted by Crippen LogP contribution is 2.24. The molecule has 0 aliphatic heterocycles. The molecular weight excluding hydrogens is 364 g/mol. The summed E-state index contributed by atoms with van der Waals surface area (Å²) in [5.41, 5.74) is 3.82. The molecule has 0 aliphatic rings. The Labute approximate surface area is 141 Å². The predicted octanol–water partition coefficient (Wildman–Crippen LogP) is 5.07. The van der Waals surface area contributed by atoms with Crippen molar-refractivity contribution in [1.29, 1.82) is 0 Å². The minimum atomic E-state index is -0.0587. The summed E-state index contributed by atoms with van der Waals surface area (Å²) in [7, 11) is 0. The maximum atomic E-state index is 12.2. The number of hydrogen-bond donors (Lipinski definition) is 2. The normalized spacial score (nSPS) is 10.9. The van der Waals surface area contributed by atoms with E-state index in [9.17, 15) is 4.79 Å². The molecular formula is C17H14BrClN2O. The van der Waals surface area contributed by atoms with E-state index < -0.39 is 0 Å². The highest BCUT2D eigenvalue weighted by Gasteiger charge is 2.10. The van der Waals surface area contributed by atoms with Crippen molar-refractivity contribution in [3.8, 4) is 0 Å². The molecule has 0 saturated carbocycles. The van der Waals surface area contributed by atoms with Crippen LogP contribution in [0.4, 0.5) is 5.69 Å². The van der Waals surface area contributed by atoms with Crippen molar-refractivity contribution < 1.29 is 4.79 Å². The number of fused-ring (bicyclic) bond motifs is 1. The third-order valence-electron chi connectivity index (χ3n) is 3.54. The maximum absolute atomic E-state index is 12.2. The molecule has 3 aromatic rings. The smallest absolute Gasteiger partial charge is 0.228 e. The van der Waals surface area contributed by atoms with Gasteiger partial charge in [-0.3, -0.25) is 4.79 Å². The molecule has 0 saturated heterocycles. The highest BCUT2D eigenvalue weighted by molar-refractivity contribution is 9.10. The zero-order valence-corrected chi connectivity index (χ0v) is 14.3. The Morgan fingerprint density at radius 1 is 1.27 bits per heavy atom. The van der Waals surface area contributed by atoms with Crippen molar-refractivity contribution in [3.05, 3.63) is 63.2 Å². The van der Waals surface area contributed by atoms with Crippen LogP contribution in [-0.4, -0.2) is 10.9 Å². The number of anilines is 1. The van der Waals surface area contributed by atoms with Crippen LogP contribution in [-0.2, 0) is 11.2 Å².